The number of rotatable bonds is 8. The number of halogens is 1. The first-order valence-electron chi connectivity index (χ1n) is 11.1. The number of nitro groups is 1. The summed E-state index contributed by atoms with van der Waals surface area (Å²) in [5, 5.41) is 13.5. The second-order valence-corrected chi connectivity index (χ2v) is 8.23. The van der Waals surface area contributed by atoms with Crippen molar-refractivity contribution in [2.24, 2.45) is 0 Å². The Kier molecular flexibility index (Phi) is 7.49. The van der Waals surface area contributed by atoms with Gasteiger partial charge in [-0.1, -0.05) is 35.9 Å². The van der Waals surface area contributed by atoms with Crippen LogP contribution < -0.4 is 19.7 Å². The smallest absolute Gasteiger partial charge is 0.335 e. The molecular formula is C26H20ClN3O7. The van der Waals surface area contributed by atoms with Crippen molar-refractivity contribution in [2.75, 3.05) is 11.5 Å². The van der Waals surface area contributed by atoms with E-state index in [0.29, 0.717) is 34.3 Å². The van der Waals surface area contributed by atoms with Gasteiger partial charge in [0.05, 0.1) is 17.2 Å². The lowest BCUT2D eigenvalue weighted by atomic mass is 10.1. The van der Waals surface area contributed by atoms with Crippen LogP contribution in [0.5, 0.6) is 11.5 Å². The largest absolute Gasteiger partial charge is 0.490 e. The Labute approximate surface area is 216 Å². The molecule has 0 saturated carbocycles. The minimum atomic E-state index is -0.880. The lowest BCUT2D eigenvalue weighted by molar-refractivity contribution is -0.384. The van der Waals surface area contributed by atoms with E-state index >= 15 is 0 Å². The van der Waals surface area contributed by atoms with Crippen LogP contribution >= 0.6 is 11.6 Å². The van der Waals surface area contributed by atoms with Crippen LogP contribution in [0.3, 0.4) is 0 Å². The summed E-state index contributed by atoms with van der Waals surface area (Å²) in [5.41, 5.74) is 0.956. The number of non-ortho nitro benzene ring substituents is 1. The number of nitrogens with zero attached hydrogens (tertiary/aromatic N) is 2. The zero-order valence-corrected chi connectivity index (χ0v) is 20.2. The number of carbonyl (C=O) groups is 3. The van der Waals surface area contributed by atoms with Gasteiger partial charge in [0.1, 0.15) is 12.2 Å². The van der Waals surface area contributed by atoms with Gasteiger partial charge in [0.2, 0.25) is 0 Å². The second kappa shape index (κ2) is 10.9. The minimum Gasteiger partial charge on any atom is -0.490 e. The maximum atomic E-state index is 13.1. The highest BCUT2D eigenvalue weighted by molar-refractivity contribution is 6.39. The number of anilines is 1. The van der Waals surface area contributed by atoms with Crippen molar-refractivity contribution in [3.63, 3.8) is 0 Å². The molecule has 1 aliphatic heterocycles. The molecule has 3 aromatic rings. The predicted molar refractivity (Wildman–Crippen MR) is 135 cm³/mol. The van der Waals surface area contributed by atoms with Crippen LogP contribution in [-0.2, 0) is 16.2 Å². The number of benzene rings is 3. The molecule has 11 heteroatoms. The molecule has 0 atom stereocenters. The van der Waals surface area contributed by atoms with Crippen molar-refractivity contribution in [3.05, 3.63) is 98.6 Å². The molecule has 1 fully saturated rings. The number of hydrogen-bond donors (Lipinski definition) is 1. The van der Waals surface area contributed by atoms with Crippen molar-refractivity contribution in [3.8, 4) is 11.5 Å². The summed E-state index contributed by atoms with van der Waals surface area (Å²) in [5.74, 6) is -0.934. The number of carbonyl (C=O) groups excluding carboxylic acids is 3. The van der Waals surface area contributed by atoms with Crippen molar-refractivity contribution < 1.29 is 28.8 Å². The monoisotopic (exact) mass is 521 g/mol. The molecule has 4 amide bonds. The maximum Gasteiger partial charge on any atom is 0.335 e. The standard InChI is InChI=1S/C26H20ClN3O7/c1-2-36-23-13-16(9-10-22(23)37-15-17-5-3-8-20(11-17)30(34)35)12-21-24(31)28-26(33)29(25(21)32)19-7-4-6-18(27)14-19/h3-14H,2,15H2,1H3,(H,28,31,33)/b21-12+. The van der Waals surface area contributed by atoms with Gasteiger partial charge in [0.25, 0.3) is 17.5 Å². The van der Waals surface area contributed by atoms with Crippen LogP contribution in [0.1, 0.15) is 18.1 Å². The fraction of sp³-hybridized carbons (Fsp3) is 0.115. The maximum absolute atomic E-state index is 13.1. The zero-order valence-electron chi connectivity index (χ0n) is 19.5. The van der Waals surface area contributed by atoms with Crippen molar-refractivity contribution >= 4 is 46.9 Å². The summed E-state index contributed by atoms with van der Waals surface area (Å²) in [6, 6.07) is 16.1. The van der Waals surface area contributed by atoms with Gasteiger partial charge in [-0.3, -0.25) is 25.0 Å². The first kappa shape index (κ1) is 25.4. The van der Waals surface area contributed by atoms with Gasteiger partial charge in [-0.2, -0.15) is 0 Å². The first-order chi connectivity index (χ1) is 17.8. The van der Waals surface area contributed by atoms with Gasteiger partial charge in [0.15, 0.2) is 11.5 Å². The Hall–Kier alpha value is -4.70. The number of amides is 4. The highest BCUT2D eigenvalue weighted by Gasteiger charge is 2.36. The van der Waals surface area contributed by atoms with E-state index in [9.17, 15) is 24.5 Å². The van der Waals surface area contributed by atoms with E-state index in [-0.39, 0.29) is 23.6 Å². The predicted octanol–water partition coefficient (Wildman–Crippen LogP) is 4.89. The van der Waals surface area contributed by atoms with Gasteiger partial charge in [-0.15, -0.1) is 0 Å². The normalized spacial score (nSPS) is 14.5. The van der Waals surface area contributed by atoms with E-state index < -0.39 is 22.8 Å². The summed E-state index contributed by atoms with van der Waals surface area (Å²) >= 11 is 6.00. The van der Waals surface area contributed by atoms with E-state index in [4.69, 9.17) is 21.1 Å². The molecule has 1 heterocycles. The second-order valence-electron chi connectivity index (χ2n) is 7.79. The Bertz CT molecular complexity index is 1440. The Morgan fingerprint density at radius 1 is 1.00 bits per heavy atom. The summed E-state index contributed by atoms with van der Waals surface area (Å²) in [4.78, 5) is 49.3. The van der Waals surface area contributed by atoms with Crippen molar-refractivity contribution in [2.45, 2.75) is 13.5 Å². The minimum absolute atomic E-state index is 0.0474. The van der Waals surface area contributed by atoms with E-state index in [2.05, 4.69) is 5.32 Å². The third-order valence-corrected chi connectivity index (χ3v) is 5.50. The van der Waals surface area contributed by atoms with E-state index in [0.717, 1.165) is 4.90 Å². The lowest BCUT2D eigenvalue weighted by Gasteiger charge is -2.26. The van der Waals surface area contributed by atoms with Crippen molar-refractivity contribution in [1.82, 2.24) is 5.32 Å². The van der Waals surface area contributed by atoms with E-state index in [1.807, 2.05) is 0 Å². The third-order valence-electron chi connectivity index (χ3n) is 5.26. The summed E-state index contributed by atoms with van der Waals surface area (Å²) in [7, 11) is 0. The SMILES string of the molecule is CCOc1cc(/C=C2\C(=O)NC(=O)N(c3cccc(Cl)c3)C2=O)ccc1OCc1cccc([N+](=O)[O-])c1. The molecule has 0 aliphatic carbocycles. The van der Waals surface area contributed by atoms with Crippen LogP contribution in [0.25, 0.3) is 6.08 Å². The molecule has 0 unspecified atom stereocenters. The molecule has 10 nitrogen and oxygen atoms in total. The highest BCUT2D eigenvalue weighted by Crippen LogP contribution is 2.31. The molecule has 1 N–H and O–H groups in total. The van der Waals surface area contributed by atoms with Crippen molar-refractivity contribution in [1.29, 1.82) is 0 Å². The fourth-order valence-corrected chi connectivity index (χ4v) is 3.78. The molecule has 3 aromatic carbocycles. The third kappa shape index (κ3) is 5.76. The number of nitrogens with one attached hydrogen (secondary N) is 1. The lowest BCUT2D eigenvalue weighted by Crippen LogP contribution is -2.54. The molecule has 4 rings (SSSR count). The molecule has 0 bridgehead atoms. The molecule has 1 saturated heterocycles. The molecular weight excluding hydrogens is 502 g/mol. The summed E-state index contributed by atoms with van der Waals surface area (Å²) in [6.07, 6.45) is 1.34. The average molecular weight is 522 g/mol. The zero-order chi connectivity index (χ0) is 26.5. The van der Waals surface area contributed by atoms with Gasteiger partial charge in [-0.25, -0.2) is 9.69 Å². The van der Waals surface area contributed by atoms with Crippen LogP contribution in [-0.4, -0.2) is 29.4 Å². The molecule has 0 aromatic heterocycles. The number of hydrogen-bond acceptors (Lipinski definition) is 7. The number of imide groups is 2. The molecule has 0 spiro atoms. The first-order valence-corrected chi connectivity index (χ1v) is 11.4. The van der Waals surface area contributed by atoms with Crippen LogP contribution in [0.4, 0.5) is 16.2 Å². The van der Waals surface area contributed by atoms with Gasteiger partial charge >= 0.3 is 6.03 Å². The number of ether oxygens (including phenoxy) is 2. The number of nitro benzene ring substituents is 1. The van der Waals surface area contributed by atoms with Crippen LogP contribution in [0.2, 0.25) is 5.02 Å². The van der Waals surface area contributed by atoms with E-state index in [1.165, 1.54) is 30.3 Å². The summed E-state index contributed by atoms with van der Waals surface area (Å²) in [6.45, 7) is 2.14. The van der Waals surface area contributed by atoms with Gasteiger partial charge in [0, 0.05) is 17.2 Å². The average Bonchev–Trinajstić information content (AvgIpc) is 2.86. The molecule has 37 heavy (non-hydrogen) atoms. The molecule has 1 aliphatic rings. The van der Waals surface area contributed by atoms with Crippen LogP contribution in [0, 0.1) is 10.1 Å². The van der Waals surface area contributed by atoms with E-state index in [1.54, 1.807) is 49.4 Å². The number of barbiturate groups is 1. The highest BCUT2D eigenvalue weighted by atomic mass is 35.5. The summed E-state index contributed by atoms with van der Waals surface area (Å²) < 4.78 is 11.5. The fourth-order valence-electron chi connectivity index (χ4n) is 3.60. The Morgan fingerprint density at radius 3 is 2.51 bits per heavy atom. The van der Waals surface area contributed by atoms with Gasteiger partial charge in [-0.05, 0) is 54.5 Å². The van der Waals surface area contributed by atoms with Gasteiger partial charge < -0.3 is 9.47 Å². The Balaban J connectivity index is 1.60. The topological polar surface area (TPSA) is 128 Å². The van der Waals surface area contributed by atoms with Crippen LogP contribution in [0.15, 0.2) is 72.3 Å². The Morgan fingerprint density at radius 2 is 1.78 bits per heavy atom. The number of urea groups is 1. The molecule has 188 valence electrons. The quantitative estimate of drug-likeness (QED) is 0.193. The molecule has 0 radical (unpaired) electrons.